The second-order valence-corrected chi connectivity index (χ2v) is 12.6. The van der Waals surface area contributed by atoms with Crippen LogP contribution < -0.4 is 10.6 Å². The van der Waals surface area contributed by atoms with Crippen molar-refractivity contribution in [3.8, 4) is 6.07 Å². The first-order valence-electron chi connectivity index (χ1n) is 13.9. The number of nitrogens with zero attached hydrogens (tertiary/aromatic N) is 5. The minimum absolute atomic E-state index is 0.112. The molecular formula is C30H39N7O5S. The van der Waals surface area contributed by atoms with Crippen LogP contribution in [-0.2, 0) is 9.84 Å². The Morgan fingerprint density at radius 1 is 0.930 bits per heavy atom. The standard InChI is InChI=1S/C30H39N7O5S/c1-20(38)17-32-30-28(23(4)27(16-31)29(34-30)33-24-8-6-5-7-9-24)36-35-25-10-12-26(13-11-25)43(41,42)15-14-37(18-21(2)39)19-22(3)40/h5-13,20-22,38-40H,14-15,17-19H2,1-4H3,(H2,32,33,34). The van der Waals surface area contributed by atoms with E-state index in [0.717, 1.165) is 5.69 Å². The van der Waals surface area contributed by atoms with Crippen molar-refractivity contribution in [1.29, 1.82) is 5.26 Å². The van der Waals surface area contributed by atoms with E-state index in [1.807, 2.05) is 30.3 Å². The number of hydrogen-bond donors (Lipinski definition) is 5. The number of nitrogens with one attached hydrogen (secondary N) is 2. The molecule has 2 aromatic carbocycles. The molecule has 0 bridgehead atoms. The summed E-state index contributed by atoms with van der Waals surface area (Å²) < 4.78 is 25.9. The van der Waals surface area contributed by atoms with Gasteiger partial charge in [-0.15, -0.1) is 5.11 Å². The van der Waals surface area contributed by atoms with Gasteiger partial charge in [-0.2, -0.15) is 10.4 Å². The predicted molar refractivity (Wildman–Crippen MR) is 166 cm³/mol. The number of benzene rings is 2. The Hall–Kier alpha value is -3.93. The SMILES string of the molecule is Cc1c(C#N)c(Nc2ccccc2)nc(NCC(C)O)c1N=Nc1ccc(S(=O)(=O)CCN(CC(C)O)CC(C)O)cc1. The van der Waals surface area contributed by atoms with Gasteiger partial charge in [0, 0.05) is 37.4 Å². The number of aliphatic hydroxyl groups is 3. The van der Waals surface area contributed by atoms with Gasteiger partial charge in [-0.3, -0.25) is 4.90 Å². The van der Waals surface area contributed by atoms with Crippen molar-refractivity contribution in [2.24, 2.45) is 10.2 Å². The molecule has 0 fully saturated rings. The highest BCUT2D eigenvalue weighted by molar-refractivity contribution is 7.91. The van der Waals surface area contributed by atoms with E-state index < -0.39 is 28.1 Å². The lowest BCUT2D eigenvalue weighted by molar-refractivity contribution is 0.0873. The Morgan fingerprint density at radius 2 is 1.56 bits per heavy atom. The van der Waals surface area contributed by atoms with E-state index >= 15 is 0 Å². The van der Waals surface area contributed by atoms with Crippen molar-refractivity contribution < 1.29 is 23.7 Å². The molecule has 0 saturated carbocycles. The monoisotopic (exact) mass is 609 g/mol. The quantitative estimate of drug-likeness (QED) is 0.158. The van der Waals surface area contributed by atoms with Crippen molar-refractivity contribution in [3.63, 3.8) is 0 Å². The predicted octanol–water partition coefficient (Wildman–Crippen LogP) is 4.05. The molecular weight excluding hydrogens is 570 g/mol. The van der Waals surface area contributed by atoms with Crippen LogP contribution in [-0.4, -0.2) is 83.9 Å². The molecule has 12 nitrogen and oxygen atoms in total. The average Bonchev–Trinajstić information content (AvgIpc) is 2.95. The van der Waals surface area contributed by atoms with E-state index in [2.05, 4.69) is 31.9 Å². The minimum atomic E-state index is -3.64. The first-order chi connectivity index (χ1) is 20.4. The Morgan fingerprint density at radius 3 is 2.12 bits per heavy atom. The van der Waals surface area contributed by atoms with E-state index in [0.29, 0.717) is 28.6 Å². The van der Waals surface area contributed by atoms with Gasteiger partial charge in [0.25, 0.3) is 0 Å². The van der Waals surface area contributed by atoms with Gasteiger partial charge in [-0.1, -0.05) is 18.2 Å². The Balaban J connectivity index is 1.85. The molecule has 1 aromatic heterocycles. The van der Waals surface area contributed by atoms with Crippen LogP contribution in [0, 0.1) is 18.3 Å². The van der Waals surface area contributed by atoms with E-state index in [-0.39, 0.29) is 42.4 Å². The van der Waals surface area contributed by atoms with Crippen LogP contribution in [0.15, 0.2) is 69.7 Å². The first kappa shape index (κ1) is 33.6. The molecule has 1 heterocycles. The highest BCUT2D eigenvalue weighted by atomic mass is 32.2. The van der Waals surface area contributed by atoms with Gasteiger partial charge in [0.15, 0.2) is 21.5 Å². The van der Waals surface area contributed by atoms with Crippen LogP contribution in [0.4, 0.5) is 28.7 Å². The van der Waals surface area contributed by atoms with Crippen LogP contribution in [0.3, 0.4) is 0 Å². The largest absolute Gasteiger partial charge is 0.392 e. The van der Waals surface area contributed by atoms with Gasteiger partial charge >= 0.3 is 0 Å². The fraction of sp³-hybridized carbons (Fsp3) is 0.400. The Labute approximate surface area is 252 Å². The summed E-state index contributed by atoms with van der Waals surface area (Å²) in [7, 11) is -3.64. The summed E-state index contributed by atoms with van der Waals surface area (Å²) in [5.41, 5.74) is 2.24. The topological polar surface area (TPSA) is 184 Å². The number of aliphatic hydroxyl groups excluding tert-OH is 3. The fourth-order valence-corrected chi connectivity index (χ4v) is 5.55. The number of nitriles is 1. The molecule has 3 atom stereocenters. The molecule has 0 aliphatic heterocycles. The highest BCUT2D eigenvalue weighted by Crippen LogP contribution is 2.36. The van der Waals surface area contributed by atoms with Crippen LogP contribution in [0.2, 0.25) is 0 Å². The lowest BCUT2D eigenvalue weighted by atomic mass is 10.1. The second kappa shape index (κ2) is 15.5. The fourth-order valence-electron chi connectivity index (χ4n) is 4.27. The van der Waals surface area contributed by atoms with Crippen molar-refractivity contribution in [1.82, 2.24) is 9.88 Å². The number of hydrogen-bond acceptors (Lipinski definition) is 12. The summed E-state index contributed by atoms with van der Waals surface area (Å²) in [6.07, 6.45) is -1.99. The first-order valence-corrected chi connectivity index (χ1v) is 15.6. The number of azo groups is 1. The third kappa shape index (κ3) is 10.1. The molecule has 0 amide bonds. The van der Waals surface area contributed by atoms with Gasteiger partial charge < -0.3 is 26.0 Å². The van der Waals surface area contributed by atoms with Gasteiger partial charge in [0.05, 0.1) is 40.2 Å². The zero-order valence-electron chi connectivity index (χ0n) is 24.8. The molecule has 43 heavy (non-hydrogen) atoms. The van der Waals surface area contributed by atoms with E-state index in [9.17, 15) is 29.0 Å². The summed E-state index contributed by atoms with van der Waals surface area (Å²) in [5, 5.41) is 54.0. The van der Waals surface area contributed by atoms with Crippen LogP contribution >= 0.6 is 0 Å². The molecule has 0 saturated heterocycles. The molecule has 230 valence electrons. The Bertz CT molecular complexity index is 1510. The van der Waals surface area contributed by atoms with E-state index in [1.54, 1.807) is 32.6 Å². The second-order valence-electron chi connectivity index (χ2n) is 10.5. The van der Waals surface area contributed by atoms with Crippen LogP contribution in [0.1, 0.15) is 31.9 Å². The molecule has 5 N–H and O–H groups in total. The normalized spacial score (nSPS) is 13.9. The zero-order valence-corrected chi connectivity index (χ0v) is 25.6. The third-order valence-corrected chi connectivity index (χ3v) is 8.02. The molecule has 0 aliphatic carbocycles. The number of pyridine rings is 1. The lowest BCUT2D eigenvalue weighted by Crippen LogP contribution is -2.39. The van der Waals surface area contributed by atoms with Crippen molar-refractivity contribution >= 4 is 38.5 Å². The highest BCUT2D eigenvalue weighted by Gasteiger charge is 2.20. The van der Waals surface area contributed by atoms with Crippen LogP contribution in [0.5, 0.6) is 0 Å². The van der Waals surface area contributed by atoms with Crippen molar-refractivity contribution in [3.05, 3.63) is 65.7 Å². The van der Waals surface area contributed by atoms with Gasteiger partial charge in [-0.25, -0.2) is 13.4 Å². The number of aromatic nitrogens is 1. The molecule has 3 unspecified atom stereocenters. The maximum Gasteiger partial charge on any atom is 0.179 e. The number of para-hydroxylation sites is 1. The molecule has 13 heteroatoms. The zero-order chi connectivity index (χ0) is 31.6. The van der Waals surface area contributed by atoms with E-state index in [1.165, 1.54) is 24.3 Å². The number of sulfone groups is 1. The molecule has 3 aromatic rings. The molecule has 0 spiro atoms. The lowest BCUT2D eigenvalue weighted by Gasteiger charge is -2.24. The summed E-state index contributed by atoms with van der Waals surface area (Å²) in [5.74, 6) is 0.461. The average molecular weight is 610 g/mol. The maximum atomic E-state index is 13.0. The number of rotatable bonds is 15. The van der Waals surface area contributed by atoms with E-state index in [4.69, 9.17) is 0 Å². The Kier molecular flexibility index (Phi) is 12.1. The smallest absolute Gasteiger partial charge is 0.179 e. The number of anilines is 3. The summed E-state index contributed by atoms with van der Waals surface area (Å²) in [4.78, 5) is 6.40. The van der Waals surface area contributed by atoms with Crippen LogP contribution in [0.25, 0.3) is 0 Å². The van der Waals surface area contributed by atoms with Gasteiger partial charge in [0.2, 0.25) is 0 Å². The summed E-state index contributed by atoms with van der Waals surface area (Å²) in [6.45, 7) is 7.41. The van der Waals surface area contributed by atoms with Crippen molar-refractivity contribution in [2.45, 2.75) is 50.9 Å². The minimum Gasteiger partial charge on any atom is -0.392 e. The summed E-state index contributed by atoms with van der Waals surface area (Å²) in [6, 6.07) is 17.4. The maximum absolute atomic E-state index is 13.0. The molecule has 0 aliphatic rings. The van der Waals surface area contributed by atoms with Crippen molar-refractivity contribution in [2.75, 3.05) is 42.6 Å². The van der Waals surface area contributed by atoms with Gasteiger partial charge in [-0.05, 0) is 64.1 Å². The molecule has 0 radical (unpaired) electrons. The summed E-state index contributed by atoms with van der Waals surface area (Å²) >= 11 is 0. The third-order valence-electron chi connectivity index (χ3n) is 6.31. The van der Waals surface area contributed by atoms with Gasteiger partial charge in [0.1, 0.15) is 11.8 Å². The molecule has 3 rings (SSSR count).